The third-order valence-electron chi connectivity index (χ3n) is 7.98. The Hall–Kier alpha value is -3.86. The number of carbonyl (C=O) groups excluding carboxylic acids is 1. The molecule has 4 aromatic rings. The highest BCUT2D eigenvalue weighted by molar-refractivity contribution is 7.19. The van der Waals surface area contributed by atoms with E-state index in [0.29, 0.717) is 24.8 Å². The summed E-state index contributed by atoms with van der Waals surface area (Å²) in [5, 5.41) is 14.0. The molecule has 0 spiro atoms. The van der Waals surface area contributed by atoms with E-state index in [-0.39, 0.29) is 12.5 Å². The molecule has 1 saturated heterocycles. The number of anilines is 2. The van der Waals surface area contributed by atoms with Crippen LogP contribution in [0, 0.1) is 19.8 Å². The zero-order valence-corrected chi connectivity index (χ0v) is 24.9. The number of nitrogens with one attached hydrogen (secondary N) is 1. The third-order valence-corrected chi connectivity index (χ3v) is 9.11. The second-order valence-electron chi connectivity index (χ2n) is 11.1. The Morgan fingerprint density at radius 2 is 2.10 bits per heavy atom. The molecule has 0 bridgehead atoms. The Kier molecular flexibility index (Phi) is 8.46. The van der Waals surface area contributed by atoms with Crippen LogP contribution < -0.4 is 10.1 Å². The fourth-order valence-electron chi connectivity index (χ4n) is 5.70. The number of ether oxygens (including phenoxy) is 1. The van der Waals surface area contributed by atoms with E-state index in [9.17, 15) is 9.90 Å². The molecule has 6 rings (SSSR count). The van der Waals surface area contributed by atoms with Crippen LogP contribution in [0.3, 0.4) is 0 Å². The average Bonchev–Trinajstić information content (AvgIpc) is 3.38. The molecule has 1 atom stereocenters. The zero-order chi connectivity index (χ0) is 29.1. The number of carbonyl (C=O) groups is 1. The number of aromatic nitrogens is 3. The molecule has 2 aliphatic rings. The van der Waals surface area contributed by atoms with Crippen LogP contribution in [0.2, 0.25) is 0 Å². The van der Waals surface area contributed by atoms with E-state index in [1.54, 1.807) is 29.9 Å². The molecule has 5 heterocycles. The lowest BCUT2D eigenvalue weighted by atomic mass is 9.99. The molecule has 218 valence electrons. The number of amides is 1. The summed E-state index contributed by atoms with van der Waals surface area (Å²) in [6, 6.07) is 9.83. The summed E-state index contributed by atoms with van der Waals surface area (Å²) in [7, 11) is 0. The van der Waals surface area contributed by atoms with Crippen molar-refractivity contribution in [2.45, 2.75) is 39.7 Å². The molecule has 0 unspecified atom stereocenters. The number of piperidine rings is 1. The van der Waals surface area contributed by atoms with Crippen LogP contribution >= 0.6 is 11.3 Å². The van der Waals surface area contributed by atoms with Crippen molar-refractivity contribution in [3.8, 4) is 11.5 Å². The summed E-state index contributed by atoms with van der Waals surface area (Å²) in [5.74, 6) is 2.63. The standard InChI is InChI=1S/C32H36N6O3S/c1-21-15-24(8-10-27(21)41-25-9-7-22(2)33-16-25)36-31-30-26-11-14-38(18-28(26)42-32(30)35-20-34-31)29(40)6-4-13-37-12-3-5-23(17-37)19-39/h4,6-10,15-16,20,23,39H,3,5,11-14,17-19H2,1-2H3,(H,34,35,36)/b6-4+/t23-/m1/s1. The molecule has 0 radical (unpaired) electrons. The van der Waals surface area contributed by atoms with Crippen molar-refractivity contribution in [2.24, 2.45) is 5.92 Å². The predicted molar refractivity (Wildman–Crippen MR) is 165 cm³/mol. The molecule has 10 heteroatoms. The number of aliphatic hydroxyl groups excluding tert-OH is 1. The summed E-state index contributed by atoms with van der Waals surface area (Å²) in [5.41, 5.74) is 4.08. The quantitative estimate of drug-likeness (QED) is 0.266. The van der Waals surface area contributed by atoms with Crippen LogP contribution in [0.5, 0.6) is 11.5 Å². The van der Waals surface area contributed by atoms with Gasteiger partial charge in [-0.25, -0.2) is 9.97 Å². The van der Waals surface area contributed by atoms with Crippen molar-refractivity contribution in [1.82, 2.24) is 24.8 Å². The smallest absolute Gasteiger partial charge is 0.246 e. The third kappa shape index (κ3) is 6.30. The van der Waals surface area contributed by atoms with Gasteiger partial charge >= 0.3 is 0 Å². The summed E-state index contributed by atoms with van der Waals surface area (Å²) in [6.45, 7) is 8.09. The van der Waals surface area contributed by atoms with Gasteiger partial charge in [-0.15, -0.1) is 11.3 Å². The summed E-state index contributed by atoms with van der Waals surface area (Å²) in [4.78, 5) is 32.8. The first-order chi connectivity index (χ1) is 20.5. The van der Waals surface area contributed by atoms with Crippen molar-refractivity contribution in [1.29, 1.82) is 0 Å². The minimum Gasteiger partial charge on any atom is -0.455 e. The minimum atomic E-state index is 0.0393. The van der Waals surface area contributed by atoms with E-state index in [0.717, 1.165) is 82.5 Å². The first kappa shape index (κ1) is 28.3. The SMILES string of the molecule is Cc1ccc(Oc2ccc(Nc3ncnc4sc5c(c34)CCN(C(=O)/C=C/CN3CCC[C@@H](CO)C3)C5)cc2C)cn1. The van der Waals surface area contributed by atoms with E-state index in [4.69, 9.17) is 4.74 Å². The van der Waals surface area contributed by atoms with Gasteiger partial charge in [0.1, 0.15) is 28.5 Å². The molecule has 42 heavy (non-hydrogen) atoms. The number of hydrogen-bond donors (Lipinski definition) is 2. The number of aryl methyl sites for hydroxylation is 2. The zero-order valence-electron chi connectivity index (χ0n) is 24.0. The monoisotopic (exact) mass is 584 g/mol. The second-order valence-corrected chi connectivity index (χ2v) is 12.2. The lowest BCUT2D eigenvalue weighted by Gasteiger charge is -2.31. The number of hydrogen-bond acceptors (Lipinski definition) is 9. The number of nitrogens with zero attached hydrogens (tertiary/aromatic N) is 5. The molecule has 1 aromatic carbocycles. The Balaban J connectivity index is 1.13. The molecule has 2 N–H and O–H groups in total. The van der Waals surface area contributed by atoms with E-state index in [1.807, 2.05) is 55.2 Å². The predicted octanol–water partition coefficient (Wildman–Crippen LogP) is 5.38. The highest BCUT2D eigenvalue weighted by Crippen LogP contribution is 2.38. The number of thiophene rings is 1. The molecule has 3 aromatic heterocycles. The van der Waals surface area contributed by atoms with Gasteiger partial charge < -0.3 is 20.1 Å². The molecule has 1 fully saturated rings. The van der Waals surface area contributed by atoms with Gasteiger partial charge in [0.05, 0.1) is 18.1 Å². The average molecular weight is 585 g/mol. The molecular formula is C32H36N6O3S. The Morgan fingerprint density at radius 3 is 2.90 bits per heavy atom. The molecular weight excluding hydrogens is 548 g/mol. The molecule has 0 saturated carbocycles. The second kappa shape index (κ2) is 12.6. The highest BCUT2D eigenvalue weighted by Gasteiger charge is 2.26. The van der Waals surface area contributed by atoms with E-state index < -0.39 is 0 Å². The lowest BCUT2D eigenvalue weighted by molar-refractivity contribution is -0.126. The number of fused-ring (bicyclic) bond motifs is 3. The maximum absolute atomic E-state index is 13.0. The van der Waals surface area contributed by atoms with Gasteiger partial charge in [-0.3, -0.25) is 14.7 Å². The van der Waals surface area contributed by atoms with E-state index >= 15 is 0 Å². The van der Waals surface area contributed by atoms with Crippen LogP contribution in [-0.4, -0.2) is 68.6 Å². The Bertz CT molecular complexity index is 1600. The first-order valence-corrected chi connectivity index (χ1v) is 15.3. The van der Waals surface area contributed by atoms with Gasteiger partial charge in [0.25, 0.3) is 0 Å². The molecule has 9 nitrogen and oxygen atoms in total. The van der Waals surface area contributed by atoms with Crippen LogP contribution in [0.4, 0.5) is 11.5 Å². The topological polar surface area (TPSA) is 104 Å². The van der Waals surface area contributed by atoms with Crippen LogP contribution in [0.25, 0.3) is 10.2 Å². The minimum absolute atomic E-state index is 0.0393. The van der Waals surface area contributed by atoms with E-state index in [2.05, 4.69) is 25.2 Å². The van der Waals surface area contributed by atoms with Gasteiger partial charge in [0.2, 0.25) is 5.91 Å². The first-order valence-electron chi connectivity index (χ1n) is 14.5. The summed E-state index contributed by atoms with van der Waals surface area (Å²) < 4.78 is 6.03. The Labute approximate surface area is 249 Å². The van der Waals surface area contributed by atoms with Gasteiger partial charge in [-0.2, -0.15) is 0 Å². The van der Waals surface area contributed by atoms with Crippen LogP contribution in [0.1, 0.15) is 34.5 Å². The summed E-state index contributed by atoms with van der Waals surface area (Å²) >= 11 is 1.64. The molecule has 1 amide bonds. The largest absolute Gasteiger partial charge is 0.455 e. The maximum atomic E-state index is 13.0. The van der Waals surface area contributed by atoms with E-state index in [1.165, 1.54) is 5.56 Å². The van der Waals surface area contributed by atoms with Gasteiger partial charge in [-0.05, 0) is 87.0 Å². The Morgan fingerprint density at radius 1 is 1.19 bits per heavy atom. The van der Waals surface area contributed by atoms with Crippen molar-refractivity contribution in [3.05, 3.63) is 76.7 Å². The van der Waals surface area contributed by atoms with Crippen molar-refractivity contribution in [2.75, 3.05) is 38.1 Å². The van der Waals surface area contributed by atoms with Crippen molar-refractivity contribution < 1.29 is 14.6 Å². The van der Waals surface area contributed by atoms with Crippen molar-refractivity contribution in [3.63, 3.8) is 0 Å². The number of rotatable bonds is 8. The van der Waals surface area contributed by atoms with Crippen LogP contribution in [-0.2, 0) is 17.8 Å². The molecule has 2 aliphatic heterocycles. The van der Waals surface area contributed by atoms with Gasteiger partial charge in [-0.1, -0.05) is 6.08 Å². The van der Waals surface area contributed by atoms with Crippen molar-refractivity contribution >= 4 is 39.0 Å². The number of likely N-dealkylation sites (tertiary alicyclic amines) is 1. The maximum Gasteiger partial charge on any atom is 0.246 e. The highest BCUT2D eigenvalue weighted by atomic mass is 32.1. The molecule has 0 aliphatic carbocycles. The number of benzene rings is 1. The fourth-order valence-corrected chi connectivity index (χ4v) is 6.91. The van der Waals surface area contributed by atoms with Crippen LogP contribution in [0.15, 0.2) is 55.0 Å². The normalized spacial score (nSPS) is 17.5. The fraction of sp³-hybridized carbons (Fsp3) is 0.375. The number of pyridine rings is 1. The number of aliphatic hydroxyl groups is 1. The lowest BCUT2D eigenvalue weighted by Crippen LogP contribution is -2.37. The van der Waals surface area contributed by atoms with Gasteiger partial charge in [0.15, 0.2) is 0 Å². The van der Waals surface area contributed by atoms with Gasteiger partial charge in [0, 0.05) is 48.6 Å². The summed E-state index contributed by atoms with van der Waals surface area (Å²) in [6.07, 6.45) is 9.93.